The number of nitrogens with one attached hydrogen (secondary N) is 1. The molecule has 1 unspecified atom stereocenters. The molecule has 0 spiro atoms. The standard InChI is InChI=1S/C19H17ClF3N3O2/c20-17-13(4-1-5-14(17)19(21,22)23)10-25-18(28)15-6-7-16(27)26(15)11-12-3-2-8-24-9-12/h1-5,8-9,15H,6-7,10-11H2,(H,25,28). The van der Waals surface area contributed by atoms with E-state index in [9.17, 15) is 22.8 Å². The fraction of sp³-hybridized carbons (Fsp3) is 0.316. The Balaban J connectivity index is 1.68. The van der Waals surface area contributed by atoms with Crippen LogP contribution in [0.3, 0.4) is 0 Å². The summed E-state index contributed by atoms with van der Waals surface area (Å²) in [7, 11) is 0. The van der Waals surface area contributed by atoms with E-state index >= 15 is 0 Å². The van der Waals surface area contributed by atoms with E-state index in [0.29, 0.717) is 6.42 Å². The number of rotatable bonds is 5. The fourth-order valence-electron chi connectivity index (χ4n) is 3.13. The first-order chi connectivity index (χ1) is 13.3. The fourth-order valence-corrected chi connectivity index (χ4v) is 3.43. The lowest BCUT2D eigenvalue weighted by atomic mass is 10.1. The molecule has 1 aliphatic heterocycles. The first-order valence-corrected chi connectivity index (χ1v) is 8.96. The van der Waals surface area contributed by atoms with Crippen LogP contribution in [0.2, 0.25) is 5.02 Å². The van der Waals surface area contributed by atoms with Crippen LogP contribution in [0.4, 0.5) is 13.2 Å². The van der Waals surface area contributed by atoms with Gasteiger partial charge in [0.25, 0.3) is 0 Å². The van der Waals surface area contributed by atoms with E-state index in [1.54, 1.807) is 24.5 Å². The molecule has 1 aliphatic rings. The number of nitrogens with zero attached hydrogens (tertiary/aromatic N) is 2. The van der Waals surface area contributed by atoms with E-state index in [2.05, 4.69) is 10.3 Å². The second kappa shape index (κ2) is 8.18. The molecule has 1 aromatic carbocycles. The summed E-state index contributed by atoms with van der Waals surface area (Å²) in [6.45, 7) is 0.0854. The number of pyridine rings is 1. The lowest BCUT2D eigenvalue weighted by Gasteiger charge is -2.24. The quantitative estimate of drug-likeness (QED) is 0.818. The van der Waals surface area contributed by atoms with Crippen molar-refractivity contribution in [2.45, 2.75) is 38.1 Å². The van der Waals surface area contributed by atoms with Crippen LogP contribution in [0.25, 0.3) is 0 Å². The van der Waals surface area contributed by atoms with Crippen molar-refractivity contribution in [3.05, 3.63) is 64.4 Å². The minimum Gasteiger partial charge on any atom is -0.350 e. The third-order valence-corrected chi connectivity index (χ3v) is 4.99. The van der Waals surface area contributed by atoms with E-state index in [4.69, 9.17) is 11.6 Å². The van der Waals surface area contributed by atoms with Gasteiger partial charge in [0.1, 0.15) is 6.04 Å². The maximum Gasteiger partial charge on any atom is 0.417 e. The molecule has 0 aliphatic carbocycles. The van der Waals surface area contributed by atoms with Crippen LogP contribution in [0.1, 0.15) is 29.5 Å². The summed E-state index contributed by atoms with van der Waals surface area (Å²) in [5, 5.41) is 2.16. The van der Waals surface area contributed by atoms with Gasteiger partial charge in [0.2, 0.25) is 11.8 Å². The van der Waals surface area contributed by atoms with Crippen LogP contribution in [0.5, 0.6) is 0 Å². The molecule has 9 heteroatoms. The van der Waals surface area contributed by atoms with Gasteiger partial charge in [0, 0.05) is 31.9 Å². The molecule has 1 fully saturated rings. The van der Waals surface area contributed by atoms with Crippen molar-refractivity contribution in [3.8, 4) is 0 Å². The Hall–Kier alpha value is -2.61. The topological polar surface area (TPSA) is 62.3 Å². The highest BCUT2D eigenvalue weighted by Crippen LogP contribution is 2.36. The second-order valence-electron chi connectivity index (χ2n) is 6.43. The highest BCUT2D eigenvalue weighted by Gasteiger charge is 2.36. The summed E-state index contributed by atoms with van der Waals surface area (Å²) in [5.41, 5.74) is -0.000360. The molecule has 1 atom stereocenters. The number of carbonyl (C=O) groups is 2. The first-order valence-electron chi connectivity index (χ1n) is 8.58. The van der Waals surface area contributed by atoms with Crippen molar-refractivity contribution in [2.24, 2.45) is 0 Å². The van der Waals surface area contributed by atoms with Gasteiger partial charge in [-0.25, -0.2) is 0 Å². The van der Waals surface area contributed by atoms with E-state index in [1.165, 1.54) is 17.0 Å². The zero-order valence-electron chi connectivity index (χ0n) is 14.7. The zero-order valence-corrected chi connectivity index (χ0v) is 15.4. The minimum atomic E-state index is -4.57. The van der Waals surface area contributed by atoms with Crippen LogP contribution in [-0.2, 0) is 28.9 Å². The molecule has 2 heterocycles. The second-order valence-corrected chi connectivity index (χ2v) is 6.81. The van der Waals surface area contributed by atoms with E-state index < -0.39 is 28.7 Å². The predicted molar refractivity (Wildman–Crippen MR) is 96.1 cm³/mol. The zero-order chi connectivity index (χ0) is 20.3. The van der Waals surface area contributed by atoms with Gasteiger partial charge < -0.3 is 10.2 Å². The minimum absolute atomic E-state index is 0.152. The third kappa shape index (κ3) is 4.44. The maximum atomic E-state index is 13.0. The van der Waals surface area contributed by atoms with E-state index in [0.717, 1.165) is 11.6 Å². The number of carbonyl (C=O) groups excluding carboxylic acids is 2. The number of likely N-dealkylation sites (tertiary alicyclic amines) is 1. The Labute approximate surface area is 164 Å². The summed E-state index contributed by atoms with van der Waals surface area (Å²) < 4.78 is 38.9. The van der Waals surface area contributed by atoms with Crippen molar-refractivity contribution in [1.82, 2.24) is 15.2 Å². The van der Waals surface area contributed by atoms with Crippen LogP contribution < -0.4 is 5.32 Å². The van der Waals surface area contributed by atoms with Gasteiger partial charge in [0.05, 0.1) is 10.6 Å². The number of hydrogen-bond acceptors (Lipinski definition) is 3. The summed E-state index contributed by atoms with van der Waals surface area (Å²) in [4.78, 5) is 30.2. The lowest BCUT2D eigenvalue weighted by molar-refractivity contribution is -0.137. The summed E-state index contributed by atoms with van der Waals surface area (Å²) in [5.74, 6) is -0.579. The summed E-state index contributed by atoms with van der Waals surface area (Å²) in [6, 6.07) is 6.40. The van der Waals surface area contributed by atoms with Crippen LogP contribution in [0, 0.1) is 0 Å². The monoisotopic (exact) mass is 411 g/mol. The molecule has 5 nitrogen and oxygen atoms in total. The molecule has 2 amide bonds. The molecule has 148 valence electrons. The number of benzene rings is 1. The Morgan fingerprint density at radius 3 is 2.75 bits per heavy atom. The summed E-state index contributed by atoms with van der Waals surface area (Å²) in [6.07, 6.45) is -0.763. The van der Waals surface area contributed by atoms with Gasteiger partial charge in [-0.05, 0) is 29.7 Å². The smallest absolute Gasteiger partial charge is 0.350 e. The van der Waals surface area contributed by atoms with Crippen molar-refractivity contribution in [2.75, 3.05) is 0 Å². The van der Waals surface area contributed by atoms with Gasteiger partial charge in [-0.3, -0.25) is 14.6 Å². The molecule has 3 rings (SSSR count). The third-order valence-electron chi connectivity index (χ3n) is 4.54. The molecule has 28 heavy (non-hydrogen) atoms. The lowest BCUT2D eigenvalue weighted by Crippen LogP contribution is -2.44. The van der Waals surface area contributed by atoms with Crippen LogP contribution >= 0.6 is 11.6 Å². The molecular formula is C19H17ClF3N3O2. The molecular weight excluding hydrogens is 395 g/mol. The van der Waals surface area contributed by atoms with Crippen molar-refractivity contribution in [1.29, 1.82) is 0 Å². The number of amides is 2. The number of hydrogen-bond donors (Lipinski definition) is 1. The van der Waals surface area contributed by atoms with Crippen LogP contribution in [0.15, 0.2) is 42.7 Å². The Morgan fingerprint density at radius 1 is 1.29 bits per heavy atom. The van der Waals surface area contributed by atoms with Gasteiger partial charge >= 0.3 is 6.18 Å². The Morgan fingerprint density at radius 2 is 2.07 bits per heavy atom. The number of aromatic nitrogens is 1. The van der Waals surface area contributed by atoms with Crippen molar-refractivity contribution < 1.29 is 22.8 Å². The van der Waals surface area contributed by atoms with Gasteiger partial charge in [-0.15, -0.1) is 0 Å². The highest BCUT2D eigenvalue weighted by atomic mass is 35.5. The van der Waals surface area contributed by atoms with E-state index in [1.807, 2.05) is 0 Å². The molecule has 1 saturated heterocycles. The molecule has 0 saturated carbocycles. The predicted octanol–water partition coefficient (Wildman–Crippen LogP) is 3.56. The Bertz CT molecular complexity index is 874. The molecule has 0 bridgehead atoms. The largest absolute Gasteiger partial charge is 0.417 e. The molecule has 2 aromatic rings. The SMILES string of the molecule is O=C(NCc1cccc(C(F)(F)F)c1Cl)C1CCC(=O)N1Cc1cccnc1. The Kier molecular flexibility index (Phi) is 5.88. The molecule has 1 N–H and O–H groups in total. The maximum absolute atomic E-state index is 13.0. The van der Waals surface area contributed by atoms with Gasteiger partial charge in [0.15, 0.2) is 0 Å². The van der Waals surface area contributed by atoms with Crippen LogP contribution in [-0.4, -0.2) is 27.7 Å². The summed E-state index contributed by atoms with van der Waals surface area (Å²) >= 11 is 5.85. The van der Waals surface area contributed by atoms with Gasteiger partial charge in [-0.1, -0.05) is 29.8 Å². The van der Waals surface area contributed by atoms with Gasteiger partial charge in [-0.2, -0.15) is 13.2 Å². The number of halogens is 4. The first kappa shape index (κ1) is 20.1. The number of alkyl halides is 3. The molecule has 1 aromatic heterocycles. The highest BCUT2D eigenvalue weighted by molar-refractivity contribution is 6.32. The molecule has 0 radical (unpaired) electrons. The normalized spacial score (nSPS) is 17.1. The average molecular weight is 412 g/mol. The van der Waals surface area contributed by atoms with Crippen molar-refractivity contribution in [3.63, 3.8) is 0 Å². The van der Waals surface area contributed by atoms with E-state index in [-0.39, 0.29) is 31.0 Å². The average Bonchev–Trinajstić information content (AvgIpc) is 3.01. The van der Waals surface area contributed by atoms with Crippen molar-refractivity contribution >= 4 is 23.4 Å².